The Morgan fingerprint density at radius 1 is 1.42 bits per heavy atom. The van der Waals surface area contributed by atoms with Gasteiger partial charge >= 0.3 is 5.97 Å². The van der Waals surface area contributed by atoms with E-state index in [9.17, 15) is 4.79 Å². The predicted octanol–water partition coefficient (Wildman–Crippen LogP) is 2.00. The quantitative estimate of drug-likeness (QED) is 0.782. The fraction of sp³-hybridized carbons (Fsp3) is 0.308. The molecule has 6 heteroatoms. The number of hydrogen-bond donors (Lipinski definition) is 0. The van der Waals surface area contributed by atoms with E-state index in [1.54, 1.807) is 17.5 Å². The number of likely N-dealkylation sites (N-methyl/N-ethyl adjacent to an activating group) is 1. The van der Waals surface area contributed by atoms with Crippen molar-refractivity contribution in [1.29, 1.82) is 0 Å². The molecular formula is C13H15N3O2S. The summed E-state index contributed by atoms with van der Waals surface area (Å²) in [6.07, 6.45) is 3.98. The Kier molecular flexibility index (Phi) is 4.46. The van der Waals surface area contributed by atoms with Crippen LogP contribution in [0.5, 0.6) is 0 Å². The number of carbonyl (C=O) groups excluding carboxylic acids is 1. The smallest absolute Gasteiger partial charge is 0.358 e. The van der Waals surface area contributed by atoms with Gasteiger partial charge in [-0.2, -0.15) is 0 Å². The standard InChI is InChI=1S/C13H15N3O2S/c1-16(6-5-10-4-3-7-19-10)12-9-14-11(8-15-12)13(17)18-2/h3-4,7-9H,5-6H2,1-2H3. The summed E-state index contributed by atoms with van der Waals surface area (Å²) in [5.74, 6) is 0.268. The van der Waals surface area contributed by atoms with Crippen LogP contribution in [0.1, 0.15) is 15.4 Å². The number of aromatic nitrogens is 2. The van der Waals surface area contributed by atoms with Crippen molar-refractivity contribution in [3.63, 3.8) is 0 Å². The van der Waals surface area contributed by atoms with Crippen LogP contribution in [0, 0.1) is 0 Å². The van der Waals surface area contributed by atoms with E-state index in [-0.39, 0.29) is 5.69 Å². The van der Waals surface area contributed by atoms with Gasteiger partial charge in [-0.05, 0) is 17.9 Å². The summed E-state index contributed by atoms with van der Waals surface area (Å²) in [5.41, 5.74) is 0.220. The molecule has 2 aromatic rings. The lowest BCUT2D eigenvalue weighted by Crippen LogP contribution is -2.21. The van der Waals surface area contributed by atoms with Crippen molar-refractivity contribution in [1.82, 2.24) is 9.97 Å². The highest BCUT2D eigenvalue weighted by molar-refractivity contribution is 7.09. The Labute approximate surface area is 115 Å². The Morgan fingerprint density at radius 3 is 2.84 bits per heavy atom. The molecule has 2 heterocycles. The van der Waals surface area contributed by atoms with Crippen molar-refractivity contribution in [2.24, 2.45) is 0 Å². The van der Waals surface area contributed by atoms with Gasteiger partial charge in [0, 0.05) is 18.5 Å². The van der Waals surface area contributed by atoms with Crippen LogP contribution < -0.4 is 4.90 Å². The van der Waals surface area contributed by atoms with Crippen LogP contribution in [-0.2, 0) is 11.2 Å². The van der Waals surface area contributed by atoms with Crippen molar-refractivity contribution in [2.45, 2.75) is 6.42 Å². The molecule has 0 aromatic carbocycles. The van der Waals surface area contributed by atoms with E-state index in [0.29, 0.717) is 0 Å². The molecule has 0 bridgehead atoms. The number of nitrogens with zero attached hydrogens (tertiary/aromatic N) is 3. The van der Waals surface area contributed by atoms with Gasteiger partial charge in [0.25, 0.3) is 0 Å². The minimum absolute atomic E-state index is 0.220. The molecule has 0 aliphatic carbocycles. The van der Waals surface area contributed by atoms with Crippen molar-refractivity contribution < 1.29 is 9.53 Å². The van der Waals surface area contributed by atoms with Gasteiger partial charge in [-0.15, -0.1) is 11.3 Å². The van der Waals surface area contributed by atoms with E-state index in [1.165, 1.54) is 18.2 Å². The zero-order chi connectivity index (χ0) is 13.7. The highest BCUT2D eigenvalue weighted by Crippen LogP contribution is 2.12. The summed E-state index contributed by atoms with van der Waals surface area (Å²) < 4.78 is 4.58. The third-order valence-electron chi connectivity index (χ3n) is 2.70. The number of methoxy groups -OCH3 is 1. The number of esters is 1. The van der Waals surface area contributed by atoms with Crippen LogP contribution in [0.2, 0.25) is 0 Å². The SMILES string of the molecule is COC(=O)c1cnc(N(C)CCc2cccs2)cn1. The van der Waals surface area contributed by atoms with Crippen LogP contribution in [0.15, 0.2) is 29.9 Å². The number of carbonyl (C=O) groups is 1. The summed E-state index contributed by atoms with van der Waals surface area (Å²) in [6, 6.07) is 4.16. The lowest BCUT2D eigenvalue weighted by atomic mass is 10.3. The third-order valence-corrected chi connectivity index (χ3v) is 3.63. The van der Waals surface area contributed by atoms with Crippen LogP contribution in [0.3, 0.4) is 0 Å². The minimum Gasteiger partial charge on any atom is -0.464 e. The maximum atomic E-state index is 11.2. The number of anilines is 1. The number of rotatable bonds is 5. The highest BCUT2D eigenvalue weighted by atomic mass is 32.1. The maximum Gasteiger partial charge on any atom is 0.358 e. The van der Waals surface area contributed by atoms with Crippen molar-refractivity contribution in [2.75, 3.05) is 25.6 Å². The largest absolute Gasteiger partial charge is 0.464 e. The molecule has 2 rings (SSSR count). The average Bonchev–Trinajstić information content (AvgIpc) is 2.97. The van der Waals surface area contributed by atoms with E-state index < -0.39 is 5.97 Å². The molecule has 100 valence electrons. The average molecular weight is 277 g/mol. The van der Waals surface area contributed by atoms with E-state index in [4.69, 9.17) is 0 Å². The number of thiophene rings is 1. The number of hydrogen-bond acceptors (Lipinski definition) is 6. The summed E-state index contributed by atoms with van der Waals surface area (Å²) in [6.45, 7) is 0.854. The summed E-state index contributed by atoms with van der Waals surface area (Å²) in [5, 5.41) is 2.07. The van der Waals surface area contributed by atoms with Crippen molar-refractivity contribution in [3.8, 4) is 0 Å². The van der Waals surface area contributed by atoms with Crippen LogP contribution in [-0.4, -0.2) is 36.6 Å². The van der Waals surface area contributed by atoms with Gasteiger partial charge in [0.15, 0.2) is 5.69 Å². The first-order valence-electron chi connectivity index (χ1n) is 5.84. The Bertz CT molecular complexity index is 525. The van der Waals surface area contributed by atoms with Gasteiger partial charge in [-0.3, -0.25) is 0 Å². The van der Waals surface area contributed by atoms with Crippen LogP contribution in [0.25, 0.3) is 0 Å². The van der Waals surface area contributed by atoms with Gasteiger partial charge in [0.1, 0.15) is 5.82 Å². The zero-order valence-corrected chi connectivity index (χ0v) is 11.7. The second kappa shape index (κ2) is 6.29. The number of ether oxygens (including phenoxy) is 1. The Morgan fingerprint density at radius 2 is 2.26 bits per heavy atom. The monoisotopic (exact) mass is 277 g/mol. The molecule has 0 aliphatic rings. The molecule has 0 unspecified atom stereocenters. The maximum absolute atomic E-state index is 11.2. The third kappa shape index (κ3) is 3.51. The van der Waals surface area contributed by atoms with E-state index in [1.807, 2.05) is 18.0 Å². The fourth-order valence-electron chi connectivity index (χ4n) is 1.58. The molecule has 0 aliphatic heterocycles. The van der Waals surface area contributed by atoms with Gasteiger partial charge in [-0.1, -0.05) is 6.07 Å². The topological polar surface area (TPSA) is 55.3 Å². The summed E-state index contributed by atoms with van der Waals surface area (Å²) in [4.78, 5) is 22.8. The highest BCUT2D eigenvalue weighted by Gasteiger charge is 2.09. The van der Waals surface area contributed by atoms with Gasteiger partial charge in [-0.25, -0.2) is 14.8 Å². The van der Waals surface area contributed by atoms with Crippen molar-refractivity contribution in [3.05, 3.63) is 40.5 Å². The van der Waals surface area contributed by atoms with E-state index in [2.05, 4.69) is 26.2 Å². The second-order valence-electron chi connectivity index (χ2n) is 4.00. The molecule has 0 radical (unpaired) electrons. The molecule has 0 fully saturated rings. The lowest BCUT2D eigenvalue weighted by Gasteiger charge is -2.17. The summed E-state index contributed by atoms with van der Waals surface area (Å²) in [7, 11) is 3.28. The molecule has 2 aromatic heterocycles. The second-order valence-corrected chi connectivity index (χ2v) is 5.03. The van der Waals surface area contributed by atoms with Crippen LogP contribution >= 0.6 is 11.3 Å². The first kappa shape index (κ1) is 13.5. The lowest BCUT2D eigenvalue weighted by molar-refractivity contribution is 0.0593. The molecule has 0 amide bonds. The minimum atomic E-state index is -0.472. The molecule has 0 atom stereocenters. The van der Waals surface area contributed by atoms with Gasteiger partial charge < -0.3 is 9.64 Å². The van der Waals surface area contributed by atoms with Crippen LogP contribution in [0.4, 0.5) is 5.82 Å². The molecule has 0 saturated heterocycles. The molecule has 5 nitrogen and oxygen atoms in total. The normalized spacial score (nSPS) is 10.2. The molecule has 19 heavy (non-hydrogen) atoms. The molecule has 0 saturated carbocycles. The first-order valence-corrected chi connectivity index (χ1v) is 6.72. The van der Waals surface area contributed by atoms with E-state index >= 15 is 0 Å². The first-order chi connectivity index (χ1) is 9.20. The summed E-state index contributed by atoms with van der Waals surface area (Å²) >= 11 is 1.75. The van der Waals surface area contributed by atoms with E-state index in [0.717, 1.165) is 18.8 Å². The zero-order valence-electron chi connectivity index (χ0n) is 10.9. The fourth-order valence-corrected chi connectivity index (χ4v) is 2.27. The van der Waals surface area contributed by atoms with Gasteiger partial charge in [0.2, 0.25) is 0 Å². The van der Waals surface area contributed by atoms with Gasteiger partial charge in [0.05, 0.1) is 19.5 Å². The Hall–Kier alpha value is -1.95. The predicted molar refractivity (Wildman–Crippen MR) is 74.7 cm³/mol. The molecule has 0 spiro atoms. The van der Waals surface area contributed by atoms with Crippen molar-refractivity contribution >= 4 is 23.1 Å². The molecular weight excluding hydrogens is 262 g/mol. The Balaban J connectivity index is 1.95. The molecule has 0 N–H and O–H groups in total.